The molecular weight excluding hydrogens is 242 g/mol. The predicted octanol–water partition coefficient (Wildman–Crippen LogP) is 2.44. The van der Waals surface area contributed by atoms with Crippen molar-refractivity contribution >= 4 is 23.2 Å². The Morgan fingerprint density at radius 1 is 1.37 bits per heavy atom. The van der Waals surface area contributed by atoms with Crippen LogP contribution in [0.5, 0.6) is 0 Å². The number of carboxylic acid groups (broad SMARTS) is 1. The summed E-state index contributed by atoms with van der Waals surface area (Å²) < 4.78 is 0. The van der Waals surface area contributed by atoms with Crippen molar-refractivity contribution in [2.75, 3.05) is 17.7 Å². The average molecular weight is 257 g/mol. The van der Waals surface area contributed by atoms with Gasteiger partial charge in [0, 0.05) is 12.7 Å². The second-order valence-corrected chi connectivity index (χ2v) is 4.33. The first kappa shape index (κ1) is 12.9. The first-order valence-corrected chi connectivity index (χ1v) is 5.78. The van der Waals surface area contributed by atoms with Crippen LogP contribution in [0.25, 0.3) is 0 Å². The van der Waals surface area contributed by atoms with Crippen LogP contribution in [0, 0.1) is 6.92 Å². The minimum Gasteiger partial charge on any atom is -0.478 e. The first-order chi connectivity index (χ1) is 8.99. The Hall–Kier alpha value is -2.56. The second kappa shape index (κ2) is 4.97. The molecule has 5 nitrogen and oxygen atoms in total. The van der Waals surface area contributed by atoms with Crippen LogP contribution >= 0.6 is 0 Å². The van der Waals surface area contributed by atoms with Crippen molar-refractivity contribution in [3.05, 3.63) is 47.7 Å². The highest BCUT2D eigenvalue weighted by Crippen LogP contribution is 2.24. The molecular formula is C14H15N3O2. The fourth-order valence-corrected chi connectivity index (χ4v) is 1.79. The van der Waals surface area contributed by atoms with Gasteiger partial charge in [-0.2, -0.15) is 0 Å². The van der Waals surface area contributed by atoms with Gasteiger partial charge in [0.05, 0.1) is 17.4 Å². The van der Waals surface area contributed by atoms with E-state index in [1.807, 2.05) is 43.1 Å². The smallest absolute Gasteiger partial charge is 0.337 e. The fourth-order valence-electron chi connectivity index (χ4n) is 1.79. The average Bonchev–Trinajstić information content (AvgIpc) is 2.38. The van der Waals surface area contributed by atoms with Crippen LogP contribution in [-0.4, -0.2) is 23.1 Å². The lowest BCUT2D eigenvalue weighted by molar-refractivity contribution is 0.0698. The number of carboxylic acids is 1. The monoisotopic (exact) mass is 257 g/mol. The van der Waals surface area contributed by atoms with Crippen molar-refractivity contribution in [1.29, 1.82) is 0 Å². The van der Waals surface area contributed by atoms with Crippen molar-refractivity contribution < 1.29 is 9.90 Å². The molecule has 0 aliphatic rings. The molecule has 0 amide bonds. The molecule has 2 rings (SSSR count). The molecule has 0 saturated carbocycles. The Balaban J connectivity index is 2.42. The first-order valence-electron chi connectivity index (χ1n) is 5.78. The van der Waals surface area contributed by atoms with E-state index in [4.69, 9.17) is 10.8 Å². The van der Waals surface area contributed by atoms with Crippen molar-refractivity contribution in [3.63, 3.8) is 0 Å². The number of nitrogens with two attached hydrogens (primary N) is 1. The minimum atomic E-state index is -1.06. The molecule has 1 heterocycles. The molecule has 1 aromatic carbocycles. The zero-order valence-corrected chi connectivity index (χ0v) is 10.8. The van der Waals surface area contributed by atoms with Crippen LogP contribution in [-0.2, 0) is 0 Å². The van der Waals surface area contributed by atoms with E-state index in [9.17, 15) is 4.79 Å². The molecule has 0 saturated heterocycles. The lowest BCUT2D eigenvalue weighted by atomic mass is 10.2. The summed E-state index contributed by atoms with van der Waals surface area (Å²) in [6.07, 6.45) is 1.37. The lowest BCUT2D eigenvalue weighted by Gasteiger charge is -2.19. The molecule has 0 aliphatic heterocycles. The van der Waals surface area contributed by atoms with Gasteiger partial charge in [-0.1, -0.05) is 12.1 Å². The topological polar surface area (TPSA) is 79.5 Å². The van der Waals surface area contributed by atoms with Gasteiger partial charge in [-0.05, 0) is 30.7 Å². The van der Waals surface area contributed by atoms with Gasteiger partial charge < -0.3 is 15.7 Å². The van der Waals surface area contributed by atoms with Crippen LogP contribution in [0.15, 0.2) is 36.5 Å². The molecule has 5 heteroatoms. The number of hydrogen-bond acceptors (Lipinski definition) is 4. The van der Waals surface area contributed by atoms with Crippen LogP contribution < -0.4 is 10.6 Å². The Labute approximate surface area is 111 Å². The van der Waals surface area contributed by atoms with Crippen molar-refractivity contribution in [2.24, 2.45) is 0 Å². The number of nitrogens with zero attached hydrogens (tertiary/aromatic N) is 2. The Kier molecular flexibility index (Phi) is 3.37. The molecule has 0 bridgehead atoms. The number of carbonyl (C=O) groups is 1. The SMILES string of the molecule is Cc1cccc(N(C)c2cc(C(=O)O)c(N)cn2)c1. The Morgan fingerprint density at radius 3 is 2.74 bits per heavy atom. The van der Waals surface area contributed by atoms with Crippen LogP contribution in [0.1, 0.15) is 15.9 Å². The van der Waals surface area contributed by atoms with Crippen molar-refractivity contribution in [2.45, 2.75) is 6.92 Å². The van der Waals surface area contributed by atoms with E-state index >= 15 is 0 Å². The molecule has 3 N–H and O–H groups in total. The number of aryl methyl sites for hydroxylation is 1. The van der Waals surface area contributed by atoms with Gasteiger partial charge in [0.15, 0.2) is 0 Å². The van der Waals surface area contributed by atoms with Gasteiger partial charge >= 0.3 is 5.97 Å². The number of rotatable bonds is 3. The molecule has 1 aromatic heterocycles. The van der Waals surface area contributed by atoms with Crippen LogP contribution in [0.4, 0.5) is 17.2 Å². The maximum absolute atomic E-state index is 11.1. The normalized spacial score (nSPS) is 10.2. The molecule has 2 aromatic rings. The zero-order valence-electron chi connectivity index (χ0n) is 10.8. The van der Waals surface area contributed by atoms with Gasteiger partial charge in [0.25, 0.3) is 0 Å². The number of benzene rings is 1. The van der Waals surface area contributed by atoms with Crippen LogP contribution in [0.3, 0.4) is 0 Å². The molecule has 0 atom stereocenters. The molecule has 0 radical (unpaired) electrons. The molecule has 98 valence electrons. The fraction of sp³-hybridized carbons (Fsp3) is 0.143. The molecule has 0 aliphatic carbocycles. The second-order valence-electron chi connectivity index (χ2n) is 4.33. The third-order valence-corrected chi connectivity index (χ3v) is 2.88. The summed E-state index contributed by atoms with van der Waals surface area (Å²) in [6.45, 7) is 2.00. The van der Waals surface area contributed by atoms with E-state index in [2.05, 4.69) is 4.98 Å². The summed E-state index contributed by atoms with van der Waals surface area (Å²) in [6, 6.07) is 9.34. The van der Waals surface area contributed by atoms with Gasteiger partial charge in [0.2, 0.25) is 0 Å². The highest BCUT2D eigenvalue weighted by molar-refractivity contribution is 5.94. The van der Waals surface area contributed by atoms with Gasteiger partial charge in [0.1, 0.15) is 5.82 Å². The third kappa shape index (κ3) is 2.65. The summed E-state index contributed by atoms with van der Waals surface area (Å²) >= 11 is 0. The number of aromatic nitrogens is 1. The quantitative estimate of drug-likeness (QED) is 0.882. The van der Waals surface area contributed by atoms with E-state index in [0.717, 1.165) is 11.3 Å². The van der Waals surface area contributed by atoms with Crippen LogP contribution in [0.2, 0.25) is 0 Å². The number of aromatic carboxylic acids is 1. The highest BCUT2D eigenvalue weighted by Gasteiger charge is 2.12. The maximum atomic E-state index is 11.1. The Bertz CT molecular complexity index is 626. The Morgan fingerprint density at radius 2 is 2.11 bits per heavy atom. The van der Waals surface area contributed by atoms with E-state index in [1.54, 1.807) is 0 Å². The molecule has 0 unspecified atom stereocenters. The molecule has 0 fully saturated rings. The standard InChI is InChI=1S/C14H15N3O2/c1-9-4-3-5-10(6-9)17(2)13-7-11(14(18)19)12(15)8-16-13/h3-8H,15H2,1-2H3,(H,18,19). The molecule has 0 spiro atoms. The van der Waals surface area contributed by atoms with Gasteiger partial charge in [-0.15, -0.1) is 0 Å². The van der Waals surface area contributed by atoms with Gasteiger partial charge in [-0.3, -0.25) is 0 Å². The zero-order chi connectivity index (χ0) is 14.0. The van der Waals surface area contributed by atoms with Crippen molar-refractivity contribution in [3.8, 4) is 0 Å². The number of hydrogen-bond donors (Lipinski definition) is 2. The highest BCUT2D eigenvalue weighted by atomic mass is 16.4. The predicted molar refractivity (Wildman–Crippen MR) is 74.9 cm³/mol. The summed E-state index contributed by atoms with van der Waals surface area (Å²) in [5, 5.41) is 9.06. The summed E-state index contributed by atoms with van der Waals surface area (Å²) in [5.74, 6) is -0.518. The number of nitrogen functional groups attached to an aromatic ring is 1. The largest absolute Gasteiger partial charge is 0.478 e. The summed E-state index contributed by atoms with van der Waals surface area (Å²) in [4.78, 5) is 17.0. The third-order valence-electron chi connectivity index (χ3n) is 2.88. The van der Waals surface area contributed by atoms with E-state index in [-0.39, 0.29) is 11.3 Å². The maximum Gasteiger partial charge on any atom is 0.337 e. The molecule has 19 heavy (non-hydrogen) atoms. The van der Waals surface area contributed by atoms with E-state index in [0.29, 0.717) is 5.82 Å². The summed E-state index contributed by atoms with van der Waals surface area (Å²) in [5.41, 5.74) is 7.87. The summed E-state index contributed by atoms with van der Waals surface area (Å²) in [7, 11) is 1.83. The van der Waals surface area contributed by atoms with Crippen molar-refractivity contribution in [1.82, 2.24) is 4.98 Å². The van der Waals surface area contributed by atoms with Gasteiger partial charge in [-0.25, -0.2) is 9.78 Å². The number of anilines is 3. The van der Waals surface area contributed by atoms with E-state index < -0.39 is 5.97 Å². The van der Waals surface area contributed by atoms with E-state index in [1.165, 1.54) is 12.3 Å². The lowest BCUT2D eigenvalue weighted by Crippen LogP contribution is -2.13. The number of pyridine rings is 1. The minimum absolute atomic E-state index is 0.0597.